The summed E-state index contributed by atoms with van der Waals surface area (Å²) in [5, 5.41) is 0.547. The lowest BCUT2D eigenvalue weighted by Gasteiger charge is -2.25. The fourth-order valence-corrected chi connectivity index (χ4v) is 2.49. The number of nitrogens with zero attached hydrogens (tertiary/aromatic N) is 2. The molecule has 1 aromatic carbocycles. The zero-order chi connectivity index (χ0) is 14.4. The van der Waals surface area contributed by atoms with Gasteiger partial charge in [0, 0.05) is 11.6 Å². The monoisotopic (exact) mass is 280 g/mol. The molecule has 0 aromatic heterocycles. The third kappa shape index (κ3) is 2.00. The zero-order valence-corrected chi connectivity index (χ0v) is 12.3. The van der Waals surface area contributed by atoms with Gasteiger partial charge >= 0.3 is 6.03 Å². The van der Waals surface area contributed by atoms with Crippen LogP contribution < -0.4 is 4.90 Å². The summed E-state index contributed by atoms with van der Waals surface area (Å²) in [6.07, 6.45) is 0. The van der Waals surface area contributed by atoms with Gasteiger partial charge < -0.3 is 4.90 Å². The predicted octanol–water partition coefficient (Wildman–Crippen LogP) is 3.22. The van der Waals surface area contributed by atoms with Crippen molar-refractivity contribution in [3.8, 4) is 0 Å². The number of hydrogen-bond acceptors (Lipinski definition) is 2. The maximum Gasteiger partial charge on any atom is 0.332 e. The molecule has 1 aliphatic rings. The number of carbonyl (C=O) groups excluding carboxylic acids is 2. The van der Waals surface area contributed by atoms with Crippen molar-refractivity contribution >= 4 is 29.2 Å². The number of imide groups is 1. The van der Waals surface area contributed by atoms with Gasteiger partial charge in [0.25, 0.3) is 5.91 Å². The normalized spacial score (nSPS) is 18.4. The molecule has 0 aliphatic carbocycles. The molecule has 0 saturated carbocycles. The topological polar surface area (TPSA) is 40.6 Å². The lowest BCUT2D eigenvalue weighted by molar-refractivity contribution is -0.123. The van der Waals surface area contributed by atoms with E-state index in [0.717, 1.165) is 5.56 Å². The van der Waals surface area contributed by atoms with Crippen molar-refractivity contribution in [3.63, 3.8) is 0 Å². The van der Waals surface area contributed by atoms with Gasteiger partial charge in [-0.1, -0.05) is 17.7 Å². The number of rotatable bonds is 2. The molecule has 0 radical (unpaired) electrons. The lowest BCUT2D eigenvalue weighted by Crippen LogP contribution is -2.43. The molecular formula is C14H17ClN2O2. The van der Waals surface area contributed by atoms with Crippen molar-refractivity contribution in [2.75, 3.05) is 11.4 Å². The van der Waals surface area contributed by atoms with E-state index >= 15 is 0 Å². The number of benzene rings is 1. The molecule has 19 heavy (non-hydrogen) atoms. The number of amides is 3. The average Bonchev–Trinajstić information content (AvgIpc) is 2.50. The highest BCUT2D eigenvalue weighted by Gasteiger charge is 2.51. The van der Waals surface area contributed by atoms with Crippen molar-refractivity contribution in [1.82, 2.24) is 4.90 Å². The zero-order valence-electron chi connectivity index (χ0n) is 11.5. The second kappa shape index (κ2) is 4.53. The summed E-state index contributed by atoms with van der Waals surface area (Å²) in [4.78, 5) is 27.5. The van der Waals surface area contributed by atoms with Crippen LogP contribution in [0.25, 0.3) is 0 Å². The van der Waals surface area contributed by atoms with E-state index in [1.54, 1.807) is 36.9 Å². The number of carbonyl (C=O) groups is 2. The van der Waals surface area contributed by atoms with Crippen LogP contribution in [0.2, 0.25) is 5.02 Å². The summed E-state index contributed by atoms with van der Waals surface area (Å²) in [5.74, 6) is -0.223. The summed E-state index contributed by atoms with van der Waals surface area (Å²) >= 11 is 6.07. The first-order chi connectivity index (χ1) is 8.80. The number of anilines is 1. The van der Waals surface area contributed by atoms with Crippen molar-refractivity contribution in [1.29, 1.82) is 0 Å². The molecule has 0 atom stereocenters. The van der Waals surface area contributed by atoms with Crippen LogP contribution in [0.4, 0.5) is 10.5 Å². The highest BCUT2D eigenvalue weighted by molar-refractivity contribution is 6.32. The maximum absolute atomic E-state index is 12.4. The Morgan fingerprint density at radius 3 is 2.37 bits per heavy atom. The Bertz CT molecular complexity index is 554. The first kappa shape index (κ1) is 13.9. The van der Waals surface area contributed by atoms with Crippen LogP contribution in [0.1, 0.15) is 26.3 Å². The minimum absolute atomic E-state index is 0.223. The molecule has 1 fully saturated rings. The second-order valence-electron chi connectivity index (χ2n) is 5.16. The van der Waals surface area contributed by atoms with E-state index in [9.17, 15) is 9.59 Å². The molecule has 0 N–H and O–H groups in total. The molecule has 0 bridgehead atoms. The van der Waals surface area contributed by atoms with E-state index in [1.165, 1.54) is 4.90 Å². The largest absolute Gasteiger partial charge is 0.332 e. The smallest absolute Gasteiger partial charge is 0.310 e. The van der Waals surface area contributed by atoms with Crippen LogP contribution >= 0.6 is 11.6 Å². The third-order valence-electron chi connectivity index (χ3n) is 3.55. The van der Waals surface area contributed by atoms with Crippen LogP contribution in [0, 0.1) is 6.92 Å². The van der Waals surface area contributed by atoms with Gasteiger partial charge in [-0.2, -0.15) is 0 Å². The molecule has 1 saturated heterocycles. The van der Waals surface area contributed by atoms with Crippen LogP contribution in [-0.4, -0.2) is 28.9 Å². The average molecular weight is 281 g/mol. The van der Waals surface area contributed by atoms with E-state index in [1.807, 2.05) is 13.8 Å². The summed E-state index contributed by atoms with van der Waals surface area (Å²) in [5.41, 5.74) is 0.620. The summed E-state index contributed by atoms with van der Waals surface area (Å²) in [7, 11) is 0. The molecule has 102 valence electrons. The van der Waals surface area contributed by atoms with Crippen molar-refractivity contribution in [3.05, 3.63) is 28.8 Å². The molecule has 2 rings (SSSR count). The van der Waals surface area contributed by atoms with E-state index in [4.69, 9.17) is 11.6 Å². The SMILES string of the molecule is CCN1C(=O)N(c2ccc(C)c(Cl)c2)C(=O)C1(C)C. The minimum atomic E-state index is -0.816. The van der Waals surface area contributed by atoms with Gasteiger partial charge in [-0.25, -0.2) is 9.69 Å². The molecular weight excluding hydrogens is 264 g/mol. The van der Waals surface area contributed by atoms with E-state index in [0.29, 0.717) is 17.3 Å². The standard InChI is InChI=1S/C14H17ClN2O2/c1-5-16-13(19)17(12(18)14(16,3)4)10-7-6-9(2)11(15)8-10/h6-8H,5H2,1-4H3. The summed E-state index contributed by atoms with van der Waals surface area (Å²) < 4.78 is 0. The second-order valence-corrected chi connectivity index (χ2v) is 5.57. The molecule has 3 amide bonds. The van der Waals surface area contributed by atoms with Gasteiger partial charge in [-0.05, 0) is 45.4 Å². The van der Waals surface area contributed by atoms with Gasteiger partial charge in [-0.15, -0.1) is 0 Å². The molecule has 0 unspecified atom stereocenters. The Labute approximate surface area is 117 Å². The highest BCUT2D eigenvalue weighted by Crippen LogP contribution is 2.33. The van der Waals surface area contributed by atoms with E-state index in [-0.39, 0.29) is 11.9 Å². The van der Waals surface area contributed by atoms with Gasteiger partial charge in [0.05, 0.1) is 5.69 Å². The lowest BCUT2D eigenvalue weighted by atomic mass is 10.0. The van der Waals surface area contributed by atoms with Gasteiger partial charge in [0.1, 0.15) is 5.54 Å². The number of aryl methyl sites for hydroxylation is 1. The number of hydrogen-bond donors (Lipinski definition) is 0. The van der Waals surface area contributed by atoms with Crippen LogP contribution in [0.15, 0.2) is 18.2 Å². The van der Waals surface area contributed by atoms with Crippen LogP contribution in [0.3, 0.4) is 0 Å². The van der Waals surface area contributed by atoms with Crippen LogP contribution in [0.5, 0.6) is 0 Å². The molecule has 0 spiro atoms. The Balaban J connectivity index is 2.48. The minimum Gasteiger partial charge on any atom is -0.310 e. The van der Waals surface area contributed by atoms with E-state index < -0.39 is 5.54 Å². The fourth-order valence-electron chi connectivity index (χ4n) is 2.31. The molecule has 1 heterocycles. The highest BCUT2D eigenvalue weighted by atomic mass is 35.5. The molecule has 4 nitrogen and oxygen atoms in total. The Morgan fingerprint density at radius 1 is 1.26 bits per heavy atom. The first-order valence-electron chi connectivity index (χ1n) is 6.23. The number of halogens is 1. The summed E-state index contributed by atoms with van der Waals surface area (Å²) in [6, 6.07) is 4.91. The van der Waals surface area contributed by atoms with Gasteiger partial charge in [-0.3, -0.25) is 4.79 Å². The van der Waals surface area contributed by atoms with Crippen LogP contribution in [-0.2, 0) is 4.79 Å². The van der Waals surface area contributed by atoms with Crippen molar-refractivity contribution in [2.45, 2.75) is 33.2 Å². The molecule has 5 heteroatoms. The molecule has 1 aliphatic heterocycles. The predicted molar refractivity (Wildman–Crippen MR) is 75.5 cm³/mol. The first-order valence-corrected chi connectivity index (χ1v) is 6.60. The fraction of sp³-hybridized carbons (Fsp3) is 0.429. The maximum atomic E-state index is 12.4. The number of likely N-dealkylation sites (N-methyl/N-ethyl adjacent to an activating group) is 1. The van der Waals surface area contributed by atoms with Crippen molar-refractivity contribution in [2.24, 2.45) is 0 Å². The summed E-state index contributed by atoms with van der Waals surface area (Å²) in [6.45, 7) is 7.74. The quantitative estimate of drug-likeness (QED) is 0.781. The number of urea groups is 1. The Morgan fingerprint density at radius 2 is 1.89 bits per heavy atom. The Hall–Kier alpha value is -1.55. The van der Waals surface area contributed by atoms with E-state index in [2.05, 4.69) is 0 Å². The van der Waals surface area contributed by atoms with Gasteiger partial charge in [0.15, 0.2) is 0 Å². The van der Waals surface area contributed by atoms with Crippen molar-refractivity contribution < 1.29 is 9.59 Å². The molecule has 1 aromatic rings. The Kier molecular flexibility index (Phi) is 3.31. The third-order valence-corrected chi connectivity index (χ3v) is 3.96. The van der Waals surface area contributed by atoms with Gasteiger partial charge in [0.2, 0.25) is 0 Å².